The maximum absolute atomic E-state index is 13.3. The van der Waals surface area contributed by atoms with Crippen molar-refractivity contribution in [3.8, 4) is 11.6 Å². The molecule has 0 fully saturated rings. The Morgan fingerprint density at radius 3 is 2.89 bits per heavy atom. The summed E-state index contributed by atoms with van der Waals surface area (Å²) in [6, 6.07) is 12.6. The van der Waals surface area contributed by atoms with Gasteiger partial charge in [-0.3, -0.25) is 0 Å². The summed E-state index contributed by atoms with van der Waals surface area (Å²) >= 11 is 3.23. The molecule has 0 spiro atoms. The molecule has 0 saturated carbocycles. The summed E-state index contributed by atoms with van der Waals surface area (Å²) in [6.07, 6.45) is 1.57. The second kappa shape index (κ2) is 8.68. The predicted molar refractivity (Wildman–Crippen MR) is 101 cm³/mol. The van der Waals surface area contributed by atoms with E-state index < -0.39 is 5.82 Å². The number of halogens is 2. The number of aromatic nitrogens is 1. The van der Waals surface area contributed by atoms with Gasteiger partial charge in [-0.15, -0.1) is 0 Å². The number of carbonyl (C=O) groups excluding carboxylic acids is 1. The van der Waals surface area contributed by atoms with Crippen molar-refractivity contribution in [2.45, 2.75) is 13.1 Å². The first-order chi connectivity index (χ1) is 13.0. The molecule has 0 bridgehead atoms. The summed E-state index contributed by atoms with van der Waals surface area (Å²) in [4.78, 5) is 18.0. The van der Waals surface area contributed by atoms with E-state index in [-0.39, 0.29) is 12.6 Å². The molecule has 0 radical (unpaired) electrons. The molecule has 8 heteroatoms. The molecule has 1 aromatic carbocycles. The van der Waals surface area contributed by atoms with Crippen LogP contribution in [0.5, 0.6) is 11.6 Å². The second-order valence-electron chi connectivity index (χ2n) is 5.75. The van der Waals surface area contributed by atoms with Gasteiger partial charge in [0, 0.05) is 31.4 Å². The van der Waals surface area contributed by atoms with Crippen LogP contribution in [-0.4, -0.2) is 23.0 Å². The Bertz CT molecular complexity index is 932. The van der Waals surface area contributed by atoms with Gasteiger partial charge in [-0.1, -0.05) is 12.1 Å². The van der Waals surface area contributed by atoms with Gasteiger partial charge in [-0.2, -0.15) is 0 Å². The number of nitrogens with one attached hydrogen (secondary N) is 1. The van der Waals surface area contributed by atoms with Gasteiger partial charge in [0.1, 0.15) is 17.3 Å². The van der Waals surface area contributed by atoms with Crippen LogP contribution in [-0.2, 0) is 13.1 Å². The summed E-state index contributed by atoms with van der Waals surface area (Å²) in [5.41, 5.74) is 0.671. The van der Waals surface area contributed by atoms with E-state index in [2.05, 4.69) is 26.2 Å². The fourth-order valence-corrected chi connectivity index (χ4v) is 2.68. The fourth-order valence-electron chi connectivity index (χ4n) is 2.34. The molecule has 1 N–H and O–H groups in total. The van der Waals surface area contributed by atoms with Crippen LogP contribution in [0.25, 0.3) is 0 Å². The van der Waals surface area contributed by atoms with Crippen molar-refractivity contribution in [3.63, 3.8) is 0 Å². The Labute approximate surface area is 164 Å². The standard InChI is InChI=1S/C19H17BrFN3O3/c1-24(12-16-7-8-17(20)26-16)19(25)23-11-13-4-3-9-22-18(13)27-15-6-2-5-14(21)10-15/h2-10H,11-12H2,1H3,(H,23,25). The number of carbonyl (C=O) groups is 1. The summed E-state index contributed by atoms with van der Waals surface area (Å²) in [5.74, 6) is 0.906. The first-order valence-electron chi connectivity index (χ1n) is 8.12. The zero-order valence-electron chi connectivity index (χ0n) is 14.5. The Hall–Kier alpha value is -2.87. The third-order valence-corrected chi connectivity index (χ3v) is 4.09. The van der Waals surface area contributed by atoms with Crippen LogP contribution < -0.4 is 10.1 Å². The number of furan rings is 1. The molecule has 0 aliphatic heterocycles. The first-order valence-corrected chi connectivity index (χ1v) is 8.91. The van der Waals surface area contributed by atoms with Crippen LogP contribution in [0.15, 0.2) is 63.8 Å². The van der Waals surface area contributed by atoms with Crippen LogP contribution in [0, 0.1) is 5.82 Å². The number of rotatable bonds is 6. The quantitative estimate of drug-likeness (QED) is 0.610. The largest absolute Gasteiger partial charge is 0.452 e. The number of nitrogens with zero attached hydrogens (tertiary/aromatic N) is 2. The average molecular weight is 434 g/mol. The highest BCUT2D eigenvalue weighted by atomic mass is 79.9. The molecule has 2 amide bonds. The molecule has 0 saturated heterocycles. The zero-order valence-corrected chi connectivity index (χ0v) is 16.1. The highest BCUT2D eigenvalue weighted by Crippen LogP contribution is 2.23. The van der Waals surface area contributed by atoms with Gasteiger partial charge in [0.05, 0.1) is 6.54 Å². The highest BCUT2D eigenvalue weighted by molar-refractivity contribution is 9.10. The van der Waals surface area contributed by atoms with E-state index >= 15 is 0 Å². The molecule has 3 aromatic rings. The van der Waals surface area contributed by atoms with Gasteiger partial charge in [0.2, 0.25) is 5.88 Å². The van der Waals surface area contributed by atoms with Crippen LogP contribution in [0.1, 0.15) is 11.3 Å². The maximum atomic E-state index is 13.3. The minimum absolute atomic E-state index is 0.212. The average Bonchev–Trinajstić information content (AvgIpc) is 3.05. The second-order valence-corrected chi connectivity index (χ2v) is 6.53. The van der Waals surface area contributed by atoms with Crippen molar-refractivity contribution in [3.05, 3.63) is 76.5 Å². The molecule has 0 aliphatic rings. The van der Waals surface area contributed by atoms with E-state index in [0.29, 0.717) is 34.2 Å². The Morgan fingerprint density at radius 2 is 2.15 bits per heavy atom. The molecule has 2 aromatic heterocycles. The van der Waals surface area contributed by atoms with Crippen LogP contribution >= 0.6 is 15.9 Å². The van der Waals surface area contributed by atoms with Crippen molar-refractivity contribution < 1.29 is 18.3 Å². The molecular formula is C19H17BrFN3O3. The van der Waals surface area contributed by atoms with Gasteiger partial charge >= 0.3 is 6.03 Å². The number of hydrogen-bond acceptors (Lipinski definition) is 4. The summed E-state index contributed by atoms with van der Waals surface area (Å²) in [7, 11) is 1.67. The lowest BCUT2D eigenvalue weighted by Gasteiger charge is -2.17. The van der Waals surface area contributed by atoms with Crippen LogP contribution in [0.2, 0.25) is 0 Å². The van der Waals surface area contributed by atoms with Gasteiger partial charge in [-0.25, -0.2) is 14.2 Å². The lowest BCUT2D eigenvalue weighted by molar-refractivity contribution is 0.202. The lowest BCUT2D eigenvalue weighted by Crippen LogP contribution is -2.36. The van der Waals surface area contributed by atoms with Gasteiger partial charge in [0.15, 0.2) is 4.67 Å². The van der Waals surface area contributed by atoms with Crippen molar-refractivity contribution in [1.82, 2.24) is 15.2 Å². The molecular weight excluding hydrogens is 417 g/mol. The molecule has 3 rings (SSSR count). The monoisotopic (exact) mass is 433 g/mol. The number of amides is 2. The van der Waals surface area contributed by atoms with Gasteiger partial charge in [-0.05, 0) is 46.3 Å². The van der Waals surface area contributed by atoms with E-state index in [9.17, 15) is 9.18 Å². The smallest absolute Gasteiger partial charge is 0.317 e. The van der Waals surface area contributed by atoms with E-state index in [1.807, 2.05) is 0 Å². The Morgan fingerprint density at radius 1 is 1.30 bits per heavy atom. The van der Waals surface area contributed by atoms with Crippen molar-refractivity contribution >= 4 is 22.0 Å². The molecule has 0 aliphatic carbocycles. The molecule has 0 atom stereocenters. The third-order valence-electron chi connectivity index (χ3n) is 3.66. The zero-order chi connectivity index (χ0) is 19.2. The topological polar surface area (TPSA) is 67.6 Å². The predicted octanol–water partition coefficient (Wildman–Crippen LogP) is 4.71. The molecule has 27 heavy (non-hydrogen) atoms. The number of pyridine rings is 1. The van der Waals surface area contributed by atoms with E-state index in [0.717, 1.165) is 0 Å². The highest BCUT2D eigenvalue weighted by Gasteiger charge is 2.13. The minimum Gasteiger partial charge on any atom is -0.452 e. The SMILES string of the molecule is CN(Cc1ccc(Br)o1)C(=O)NCc1cccnc1Oc1cccc(F)c1. The van der Waals surface area contributed by atoms with Gasteiger partial charge < -0.3 is 19.4 Å². The van der Waals surface area contributed by atoms with E-state index in [1.54, 1.807) is 49.6 Å². The molecule has 6 nitrogen and oxygen atoms in total. The van der Waals surface area contributed by atoms with Crippen molar-refractivity contribution in [2.24, 2.45) is 0 Å². The lowest BCUT2D eigenvalue weighted by atomic mass is 10.2. The number of hydrogen-bond donors (Lipinski definition) is 1. The Kier molecular flexibility index (Phi) is 6.08. The third kappa shape index (κ3) is 5.30. The van der Waals surface area contributed by atoms with E-state index in [4.69, 9.17) is 9.15 Å². The summed E-state index contributed by atoms with van der Waals surface area (Å²) in [6.45, 7) is 0.542. The fraction of sp³-hybridized carbons (Fsp3) is 0.158. The molecule has 140 valence electrons. The molecule has 2 heterocycles. The van der Waals surface area contributed by atoms with E-state index in [1.165, 1.54) is 17.0 Å². The molecule has 0 unspecified atom stereocenters. The summed E-state index contributed by atoms with van der Waals surface area (Å²) in [5, 5.41) is 2.80. The van der Waals surface area contributed by atoms with Crippen LogP contribution in [0.3, 0.4) is 0 Å². The summed E-state index contributed by atoms with van der Waals surface area (Å²) < 4.78 is 25.0. The first kappa shape index (κ1) is 18.9. The minimum atomic E-state index is -0.399. The Balaban J connectivity index is 1.61. The van der Waals surface area contributed by atoms with Crippen LogP contribution in [0.4, 0.5) is 9.18 Å². The number of ether oxygens (including phenoxy) is 1. The van der Waals surface area contributed by atoms with Crippen molar-refractivity contribution in [1.29, 1.82) is 0 Å². The van der Waals surface area contributed by atoms with Gasteiger partial charge in [0.25, 0.3) is 0 Å². The van der Waals surface area contributed by atoms with Crippen molar-refractivity contribution in [2.75, 3.05) is 7.05 Å². The normalized spacial score (nSPS) is 10.5. The maximum Gasteiger partial charge on any atom is 0.317 e. The number of urea groups is 1. The number of benzene rings is 1.